The number of hydrogen-bond acceptors (Lipinski definition) is 2. The monoisotopic (exact) mass is 200 g/mol. The Bertz CT molecular complexity index is 462. The summed E-state index contributed by atoms with van der Waals surface area (Å²) >= 11 is 0. The molecule has 1 amide bonds. The van der Waals surface area contributed by atoms with Gasteiger partial charge in [0.2, 0.25) is 0 Å². The lowest BCUT2D eigenvalue weighted by molar-refractivity contribution is 0.102. The fourth-order valence-corrected chi connectivity index (χ4v) is 1.22. The molecule has 2 aromatic rings. The summed E-state index contributed by atoms with van der Waals surface area (Å²) in [7, 11) is 3.58. The summed E-state index contributed by atoms with van der Waals surface area (Å²) in [5, 5.41) is 6.57. The Balaban J connectivity index is 2.11. The summed E-state index contributed by atoms with van der Waals surface area (Å²) in [5.41, 5.74) is 1.26. The topological polar surface area (TPSA) is 46.9 Å². The molecule has 15 heavy (non-hydrogen) atoms. The van der Waals surface area contributed by atoms with Crippen molar-refractivity contribution in [3.8, 4) is 0 Å². The van der Waals surface area contributed by atoms with Gasteiger partial charge < -0.3 is 5.32 Å². The first-order valence-electron chi connectivity index (χ1n) is 4.47. The van der Waals surface area contributed by atoms with Gasteiger partial charge in [-0.25, -0.2) is 0 Å². The molecule has 1 aromatic carbocycles. The molecule has 1 heterocycles. The first kappa shape index (κ1) is 9.45. The first-order valence-corrected chi connectivity index (χ1v) is 4.47. The van der Waals surface area contributed by atoms with Crippen LogP contribution in [0.25, 0.3) is 0 Å². The van der Waals surface area contributed by atoms with Crippen molar-refractivity contribution >= 4 is 11.6 Å². The van der Waals surface area contributed by atoms with Gasteiger partial charge in [-0.3, -0.25) is 9.48 Å². The van der Waals surface area contributed by atoms with E-state index in [1.807, 2.05) is 18.2 Å². The Morgan fingerprint density at radius 3 is 2.67 bits per heavy atom. The Morgan fingerprint density at radius 1 is 1.33 bits per heavy atom. The second-order valence-electron chi connectivity index (χ2n) is 3.09. The molecule has 0 saturated heterocycles. The SMILES string of the molecule is [CH2]n1cc(NC(=O)c2ccccc2)cn1. The Morgan fingerprint density at radius 2 is 2.07 bits per heavy atom. The lowest BCUT2D eigenvalue weighted by atomic mass is 10.2. The minimum absolute atomic E-state index is 0.149. The van der Waals surface area contributed by atoms with E-state index < -0.39 is 0 Å². The van der Waals surface area contributed by atoms with Crippen LogP contribution in [0.5, 0.6) is 0 Å². The van der Waals surface area contributed by atoms with Crippen molar-refractivity contribution < 1.29 is 4.79 Å². The van der Waals surface area contributed by atoms with Crippen molar-refractivity contribution in [2.24, 2.45) is 0 Å². The molecule has 0 fully saturated rings. The third kappa shape index (κ3) is 2.22. The van der Waals surface area contributed by atoms with Gasteiger partial charge in [-0.15, -0.1) is 0 Å². The van der Waals surface area contributed by atoms with Gasteiger partial charge >= 0.3 is 0 Å². The van der Waals surface area contributed by atoms with Crippen molar-refractivity contribution in [2.45, 2.75) is 0 Å². The molecule has 2 rings (SSSR count). The van der Waals surface area contributed by atoms with Crippen LogP contribution in [0.1, 0.15) is 10.4 Å². The van der Waals surface area contributed by atoms with Crippen LogP contribution in [-0.2, 0) is 0 Å². The number of nitrogens with zero attached hydrogens (tertiary/aromatic N) is 2. The van der Waals surface area contributed by atoms with Gasteiger partial charge in [-0.2, -0.15) is 5.10 Å². The lowest BCUT2D eigenvalue weighted by Gasteiger charge is -2.00. The molecule has 0 unspecified atom stereocenters. The predicted molar refractivity (Wildman–Crippen MR) is 57.4 cm³/mol. The van der Waals surface area contributed by atoms with Crippen LogP contribution in [0.2, 0.25) is 0 Å². The lowest BCUT2D eigenvalue weighted by Crippen LogP contribution is -2.10. The fraction of sp³-hybridized carbons (Fsp3) is 0. The molecule has 0 aliphatic carbocycles. The maximum Gasteiger partial charge on any atom is 0.255 e. The second-order valence-corrected chi connectivity index (χ2v) is 3.09. The highest BCUT2D eigenvalue weighted by Gasteiger charge is 2.05. The smallest absolute Gasteiger partial charge is 0.255 e. The van der Waals surface area contributed by atoms with Crippen LogP contribution >= 0.6 is 0 Å². The summed E-state index contributed by atoms with van der Waals surface area (Å²) in [6, 6.07) is 9.01. The molecule has 1 radical (unpaired) electrons. The average Bonchev–Trinajstić information content (AvgIpc) is 2.65. The summed E-state index contributed by atoms with van der Waals surface area (Å²) in [5.74, 6) is -0.149. The van der Waals surface area contributed by atoms with Crippen LogP contribution < -0.4 is 5.32 Å². The molecule has 0 aliphatic heterocycles. The van der Waals surface area contributed by atoms with Crippen molar-refractivity contribution in [1.29, 1.82) is 0 Å². The summed E-state index contributed by atoms with van der Waals surface area (Å²) in [6.07, 6.45) is 3.19. The first-order chi connectivity index (χ1) is 7.25. The zero-order valence-corrected chi connectivity index (χ0v) is 8.05. The van der Waals surface area contributed by atoms with Crippen LogP contribution in [-0.4, -0.2) is 15.7 Å². The zero-order chi connectivity index (χ0) is 10.7. The van der Waals surface area contributed by atoms with Gasteiger partial charge in [0.1, 0.15) is 0 Å². The van der Waals surface area contributed by atoms with E-state index in [1.165, 1.54) is 4.68 Å². The largest absolute Gasteiger partial charge is 0.319 e. The maximum absolute atomic E-state index is 11.7. The minimum Gasteiger partial charge on any atom is -0.319 e. The molecule has 0 saturated carbocycles. The van der Waals surface area contributed by atoms with Gasteiger partial charge in [-0.05, 0) is 12.1 Å². The molecule has 1 aromatic heterocycles. The maximum atomic E-state index is 11.7. The quantitative estimate of drug-likeness (QED) is 0.803. The van der Waals surface area contributed by atoms with Crippen molar-refractivity contribution in [3.05, 3.63) is 55.3 Å². The Labute approximate surface area is 87.5 Å². The molecule has 75 valence electrons. The Hall–Kier alpha value is -2.10. The van der Waals surface area contributed by atoms with Crippen LogP contribution in [0, 0.1) is 7.05 Å². The van der Waals surface area contributed by atoms with E-state index in [1.54, 1.807) is 24.5 Å². The standard InChI is InChI=1S/C11H10N3O/c1-14-8-10(7-12-14)13-11(15)9-5-3-2-4-6-9/h2-8H,1H2,(H,13,15). The molecule has 0 bridgehead atoms. The van der Waals surface area contributed by atoms with E-state index in [-0.39, 0.29) is 5.91 Å². The number of anilines is 1. The summed E-state index contributed by atoms with van der Waals surface area (Å²) in [4.78, 5) is 11.7. The van der Waals surface area contributed by atoms with Crippen LogP contribution in [0.15, 0.2) is 42.7 Å². The van der Waals surface area contributed by atoms with E-state index in [4.69, 9.17) is 0 Å². The number of carbonyl (C=O) groups excluding carboxylic acids is 1. The number of rotatable bonds is 2. The number of carbonyl (C=O) groups is 1. The van der Waals surface area contributed by atoms with Crippen LogP contribution in [0.4, 0.5) is 5.69 Å². The number of aromatic nitrogens is 2. The van der Waals surface area contributed by atoms with Crippen molar-refractivity contribution in [1.82, 2.24) is 9.78 Å². The summed E-state index contributed by atoms with van der Waals surface area (Å²) in [6.45, 7) is 0. The van der Waals surface area contributed by atoms with Gasteiger partial charge in [-0.1, -0.05) is 18.2 Å². The number of amides is 1. The molecule has 1 N–H and O–H groups in total. The van der Waals surface area contributed by atoms with Gasteiger partial charge in [0.05, 0.1) is 18.9 Å². The average molecular weight is 200 g/mol. The van der Waals surface area contributed by atoms with Crippen molar-refractivity contribution in [3.63, 3.8) is 0 Å². The number of benzene rings is 1. The van der Waals surface area contributed by atoms with Crippen LogP contribution in [0.3, 0.4) is 0 Å². The number of hydrogen-bond donors (Lipinski definition) is 1. The highest BCUT2D eigenvalue weighted by molar-refractivity contribution is 6.04. The predicted octanol–water partition coefficient (Wildman–Crippen LogP) is 1.78. The molecular formula is C11H10N3O. The molecule has 0 atom stereocenters. The van der Waals surface area contributed by atoms with E-state index in [0.717, 1.165) is 0 Å². The van der Waals surface area contributed by atoms with E-state index in [9.17, 15) is 4.79 Å². The van der Waals surface area contributed by atoms with E-state index in [0.29, 0.717) is 11.3 Å². The second kappa shape index (κ2) is 3.96. The normalized spacial score (nSPS) is 9.93. The third-order valence-electron chi connectivity index (χ3n) is 1.93. The zero-order valence-electron chi connectivity index (χ0n) is 8.05. The molecule has 0 aliphatic rings. The molecule has 4 nitrogen and oxygen atoms in total. The summed E-state index contributed by atoms with van der Waals surface area (Å²) < 4.78 is 1.39. The molecule has 0 spiro atoms. The van der Waals surface area contributed by atoms with Gasteiger partial charge in [0.25, 0.3) is 5.91 Å². The van der Waals surface area contributed by atoms with E-state index in [2.05, 4.69) is 17.5 Å². The highest BCUT2D eigenvalue weighted by atomic mass is 16.1. The fourth-order valence-electron chi connectivity index (χ4n) is 1.22. The highest BCUT2D eigenvalue weighted by Crippen LogP contribution is 2.07. The molecular weight excluding hydrogens is 190 g/mol. The molecule has 4 heteroatoms. The van der Waals surface area contributed by atoms with Crippen molar-refractivity contribution in [2.75, 3.05) is 5.32 Å². The van der Waals surface area contributed by atoms with Gasteiger partial charge in [0, 0.05) is 11.8 Å². The minimum atomic E-state index is -0.149. The van der Waals surface area contributed by atoms with Gasteiger partial charge in [0.15, 0.2) is 0 Å². The number of nitrogens with one attached hydrogen (secondary N) is 1. The van der Waals surface area contributed by atoms with E-state index >= 15 is 0 Å². The Kier molecular flexibility index (Phi) is 2.49. The third-order valence-corrected chi connectivity index (χ3v) is 1.93.